The van der Waals surface area contributed by atoms with Crippen LogP contribution >= 0.6 is 27.3 Å². The summed E-state index contributed by atoms with van der Waals surface area (Å²) < 4.78 is 1.26. The van der Waals surface area contributed by atoms with Crippen LogP contribution in [0.25, 0.3) is 10.2 Å². The molecular formula is C11H13BrN2S. The van der Waals surface area contributed by atoms with Crippen molar-refractivity contribution in [3.8, 4) is 0 Å². The topological polar surface area (TPSA) is 24.9 Å². The number of thiazole rings is 1. The molecule has 0 bridgehead atoms. The fraction of sp³-hybridized carbons (Fsp3) is 0.364. The summed E-state index contributed by atoms with van der Waals surface area (Å²) in [4.78, 5) is 4.52. The second kappa shape index (κ2) is 4.94. The predicted molar refractivity (Wildman–Crippen MR) is 71.3 cm³/mol. The summed E-state index contributed by atoms with van der Waals surface area (Å²) in [6, 6.07) is 6.36. The highest BCUT2D eigenvalue weighted by atomic mass is 79.9. The molecule has 1 aromatic carbocycles. The number of nitrogens with zero attached hydrogens (tertiary/aromatic N) is 1. The van der Waals surface area contributed by atoms with Crippen LogP contribution in [0.3, 0.4) is 0 Å². The van der Waals surface area contributed by atoms with Gasteiger partial charge in [-0.1, -0.05) is 33.3 Å². The molecule has 0 aliphatic heterocycles. The van der Waals surface area contributed by atoms with E-state index in [1.165, 1.54) is 10.3 Å². The van der Waals surface area contributed by atoms with E-state index < -0.39 is 0 Å². The molecule has 80 valence electrons. The van der Waals surface area contributed by atoms with Crippen molar-refractivity contribution in [3.63, 3.8) is 0 Å². The molecule has 0 saturated carbocycles. The van der Waals surface area contributed by atoms with Crippen LogP contribution in [0.4, 0.5) is 5.13 Å². The number of aryl methyl sites for hydroxylation is 1. The van der Waals surface area contributed by atoms with E-state index in [1.54, 1.807) is 11.3 Å². The summed E-state index contributed by atoms with van der Waals surface area (Å²) in [5, 5.41) is 5.39. The molecule has 0 spiro atoms. The Hall–Kier alpha value is -0.610. The highest BCUT2D eigenvalue weighted by Crippen LogP contribution is 2.26. The average Bonchev–Trinajstić information content (AvgIpc) is 2.60. The number of benzene rings is 1. The Morgan fingerprint density at radius 2 is 2.33 bits per heavy atom. The third-order valence-corrected chi connectivity index (χ3v) is 3.67. The van der Waals surface area contributed by atoms with Gasteiger partial charge in [-0.15, -0.1) is 0 Å². The quantitative estimate of drug-likeness (QED) is 0.682. The minimum atomic E-state index is 0.976. The molecule has 0 radical (unpaired) electrons. The molecule has 0 amide bonds. The van der Waals surface area contributed by atoms with Gasteiger partial charge in [0.15, 0.2) is 5.13 Å². The first-order valence-corrected chi connectivity index (χ1v) is 6.90. The minimum absolute atomic E-state index is 0.976. The molecule has 1 N–H and O–H groups in total. The fourth-order valence-corrected chi connectivity index (χ4v) is 2.64. The van der Waals surface area contributed by atoms with Gasteiger partial charge in [0.25, 0.3) is 0 Å². The number of nitrogens with one attached hydrogen (secondary N) is 1. The highest BCUT2D eigenvalue weighted by molar-refractivity contribution is 9.09. The number of alkyl halides is 1. The molecule has 0 aliphatic rings. The normalized spacial score (nSPS) is 10.8. The molecule has 0 saturated heterocycles. The van der Waals surface area contributed by atoms with E-state index in [2.05, 4.69) is 51.4 Å². The molecule has 0 unspecified atom stereocenters. The molecule has 1 heterocycles. The van der Waals surface area contributed by atoms with Crippen molar-refractivity contribution in [1.29, 1.82) is 0 Å². The molecular weight excluding hydrogens is 272 g/mol. The summed E-state index contributed by atoms with van der Waals surface area (Å²) in [6.45, 7) is 3.08. The number of aromatic nitrogens is 1. The Labute approximate surface area is 102 Å². The molecule has 2 aromatic rings. The Morgan fingerprint density at radius 3 is 3.13 bits per heavy atom. The van der Waals surface area contributed by atoms with E-state index >= 15 is 0 Å². The predicted octanol–water partition coefficient (Wildman–Crippen LogP) is 3.80. The van der Waals surface area contributed by atoms with E-state index in [9.17, 15) is 0 Å². The molecule has 4 heteroatoms. The van der Waals surface area contributed by atoms with Gasteiger partial charge in [0.05, 0.1) is 10.2 Å². The van der Waals surface area contributed by atoms with Crippen LogP contribution < -0.4 is 5.32 Å². The summed E-state index contributed by atoms with van der Waals surface area (Å²) in [5.41, 5.74) is 2.38. The van der Waals surface area contributed by atoms with Gasteiger partial charge in [-0.05, 0) is 31.0 Å². The lowest BCUT2D eigenvalue weighted by Crippen LogP contribution is -2.00. The zero-order valence-electron chi connectivity index (χ0n) is 8.59. The third kappa shape index (κ3) is 2.69. The van der Waals surface area contributed by atoms with Crippen LogP contribution in [0, 0.1) is 6.92 Å². The number of fused-ring (bicyclic) bond motifs is 1. The first-order valence-electron chi connectivity index (χ1n) is 4.96. The number of halogens is 1. The van der Waals surface area contributed by atoms with Crippen molar-refractivity contribution in [1.82, 2.24) is 4.98 Å². The van der Waals surface area contributed by atoms with Crippen molar-refractivity contribution in [3.05, 3.63) is 23.8 Å². The summed E-state index contributed by atoms with van der Waals surface area (Å²) in [5.74, 6) is 0. The van der Waals surface area contributed by atoms with Gasteiger partial charge in [-0.2, -0.15) is 0 Å². The van der Waals surface area contributed by atoms with Crippen molar-refractivity contribution >= 4 is 42.6 Å². The average molecular weight is 285 g/mol. The Morgan fingerprint density at radius 1 is 1.47 bits per heavy atom. The molecule has 0 atom stereocenters. The maximum absolute atomic E-state index is 4.52. The first-order chi connectivity index (χ1) is 7.29. The SMILES string of the molecule is Cc1ccc2nc(NCCCBr)sc2c1. The van der Waals surface area contributed by atoms with Crippen molar-refractivity contribution in [2.45, 2.75) is 13.3 Å². The van der Waals surface area contributed by atoms with Crippen LogP contribution in [-0.2, 0) is 0 Å². The second-order valence-corrected chi connectivity index (χ2v) is 5.28. The summed E-state index contributed by atoms with van der Waals surface area (Å²) in [7, 11) is 0. The molecule has 0 aliphatic carbocycles. The highest BCUT2D eigenvalue weighted by Gasteiger charge is 2.02. The molecule has 15 heavy (non-hydrogen) atoms. The van der Waals surface area contributed by atoms with Crippen LogP contribution in [0.1, 0.15) is 12.0 Å². The maximum atomic E-state index is 4.52. The lowest BCUT2D eigenvalue weighted by molar-refractivity contribution is 0.996. The van der Waals surface area contributed by atoms with Crippen LogP contribution in [0.5, 0.6) is 0 Å². The van der Waals surface area contributed by atoms with Crippen molar-refractivity contribution in [2.75, 3.05) is 17.2 Å². The lowest BCUT2D eigenvalue weighted by Gasteiger charge is -1.97. The van der Waals surface area contributed by atoms with Gasteiger partial charge < -0.3 is 5.32 Å². The number of anilines is 1. The monoisotopic (exact) mass is 284 g/mol. The Kier molecular flexibility index (Phi) is 3.59. The summed E-state index contributed by atoms with van der Waals surface area (Å²) >= 11 is 5.13. The maximum Gasteiger partial charge on any atom is 0.183 e. The number of rotatable bonds is 4. The molecule has 2 nitrogen and oxygen atoms in total. The van der Waals surface area contributed by atoms with E-state index in [0.717, 1.165) is 28.9 Å². The largest absolute Gasteiger partial charge is 0.361 e. The van der Waals surface area contributed by atoms with Gasteiger partial charge >= 0.3 is 0 Å². The molecule has 1 aromatic heterocycles. The number of hydrogen-bond donors (Lipinski definition) is 1. The molecule has 2 rings (SSSR count). The molecule has 0 fully saturated rings. The fourth-order valence-electron chi connectivity index (χ4n) is 1.37. The van der Waals surface area contributed by atoms with Crippen LogP contribution in [0.15, 0.2) is 18.2 Å². The zero-order valence-corrected chi connectivity index (χ0v) is 11.0. The van der Waals surface area contributed by atoms with Gasteiger partial charge in [-0.25, -0.2) is 4.98 Å². The van der Waals surface area contributed by atoms with E-state index in [0.29, 0.717) is 0 Å². The van der Waals surface area contributed by atoms with Gasteiger partial charge in [-0.3, -0.25) is 0 Å². The van der Waals surface area contributed by atoms with Gasteiger partial charge in [0, 0.05) is 11.9 Å². The Bertz CT molecular complexity index is 453. The van der Waals surface area contributed by atoms with Gasteiger partial charge in [0.2, 0.25) is 0 Å². The summed E-state index contributed by atoms with van der Waals surface area (Å²) in [6.07, 6.45) is 1.12. The first kappa shape index (κ1) is 10.9. The van der Waals surface area contributed by atoms with Crippen molar-refractivity contribution in [2.24, 2.45) is 0 Å². The van der Waals surface area contributed by atoms with Crippen molar-refractivity contribution < 1.29 is 0 Å². The zero-order chi connectivity index (χ0) is 10.7. The van der Waals surface area contributed by atoms with Gasteiger partial charge in [0.1, 0.15) is 0 Å². The third-order valence-electron chi connectivity index (χ3n) is 2.13. The standard InChI is InChI=1S/C11H13BrN2S/c1-8-3-4-9-10(7-8)15-11(14-9)13-6-2-5-12/h3-4,7H,2,5-6H2,1H3,(H,13,14). The van der Waals surface area contributed by atoms with Crippen LogP contribution in [0.2, 0.25) is 0 Å². The number of hydrogen-bond acceptors (Lipinski definition) is 3. The van der Waals surface area contributed by atoms with E-state index in [4.69, 9.17) is 0 Å². The van der Waals surface area contributed by atoms with Crippen LogP contribution in [-0.4, -0.2) is 16.9 Å². The van der Waals surface area contributed by atoms with E-state index in [1.807, 2.05) is 0 Å². The second-order valence-electron chi connectivity index (χ2n) is 3.46. The Balaban J connectivity index is 2.16. The minimum Gasteiger partial charge on any atom is -0.361 e. The smallest absolute Gasteiger partial charge is 0.183 e. The van der Waals surface area contributed by atoms with E-state index in [-0.39, 0.29) is 0 Å². The lowest BCUT2D eigenvalue weighted by atomic mass is 10.2.